The summed E-state index contributed by atoms with van der Waals surface area (Å²) in [6.07, 6.45) is 3.75. The number of rotatable bonds is 2. The van der Waals surface area contributed by atoms with Crippen molar-refractivity contribution in [1.82, 2.24) is 15.3 Å². The molecule has 2 heterocycles. The van der Waals surface area contributed by atoms with Crippen LogP contribution in [0.15, 0.2) is 6.07 Å². The van der Waals surface area contributed by atoms with E-state index in [1.54, 1.807) is 0 Å². The molecule has 16 heavy (non-hydrogen) atoms. The fourth-order valence-electron chi connectivity index (χ4n) is 2.09. The summed E-state index contributed by atoms with van der Waals surface area (Å²) in [6, 6.07) is 2.50. The Kier molecular flexibility index (Phi) is 3.39. The number of hydrogen-bond acceptors (Lipinski definition) is 4. The van der Waals surface area contributed by atoms with Crippen LogP contribution in [-0.2, 0) is 0 Å². The van der Waals surface area contributed by atoms with E-state index in [0.717, 1.165) is 23.9 Å². The number of aryl methyl sites for hydroxylation is 1. The largest absolute Gasteiger partial charge is 0.363 e. The average molecular weight is 220 g/mol. The Labute approximate surface area is 97.1 Å². The van der Waals surface area contributed by atoms with Crippen molar-refractivity contribution >= 4 is 5.82 Å². The number of hydrogen-bond donors (Lipinski definition) is 1. The molecule has 4 nitrogen and oxygen atoms in total. The smallest absolute Gasteiger partial charge is 0.132 e. The molecule has 1 fully saturated rings. The fourth-order valence-corrected chi connectivity index (χ4v) is 2.09. The fraction of sp³-hybridized carbons (Fsp3) is 0.667. The predicted octanol–water partition coefficient (Wildman–Crippen LogP) is 1.67. The summed E-state index contributed by atoms with van der Waals surface area (Å²) in [7, 11) is 4.03. The zero-order valence-electron chi connectivity index (χ0n) is 10.3. The molecule has 0 radical (unpaired) electrons. The Morgan fingerprint density at radius 1 is 1.31 bits per heavy atom. The molecule has 0 aliphatic carbocycles. The lowest BCUT2D eigenvalue weighted by Crippen LogP contribution is -2.28. The first-order valence-electron chi connectivity index (χ1n) is 5.93. The van der Waals surface area contributed by atoms with Crippen LogP contribution in [0.1, 0.15) is 36.8 Å². The van der Waals surface area contributed by atoms with Crippen LogP contribution in [0.2, 0.25) is 0 Å². The molecule has 2 rings (SSSR count). The summed E-state index contributed by atoms with van der Waals surface area (Å²) in [5, 5.41) is 3.52. The zero-order valence-corrected chi connectivity index (χ0v) is 10.3. The topological polar surface area (TPSA) is 41.1 Å². The molecule has 1 saturated heterocycles. The third-order valence-electron chi connectivity index (χ3n) is 2.97. The maximum atomic E-state index is 4.54. The summed E-state index contributed by atoms with van der Waals surface area (Å²) in [6.45, 7) is 3.06. The number of aromatic nitrogens is 2. The van der Waals surface area contributed by atoms with Gasteiger partial charge in [0.15, 0.2) is 0 Å². The molecule has 4 heteroatoms. The second kappa shape index (κ2) is 4.78. The molecule has 0 amide bonds. The van der Waals surface area contributed by atoms with Gasteiger partial charge in [-0.05, 0) is 26.3 Å². The van der Waals surface area contributed by atoms with Gasteiger partial charge in [-0.3, -0.25) is 0 Å². The molecule has 1 atom stereocenters. The standard InChI is InChI=1S/C12H20N4/c1-9-14-11(8-12(15-9)16(2)3)10-6-4-5-7-13-10/h8,10,13H,4-7H2,1-3H3/t10-/m1/s1. The Morgan fingerprint density at radius 3 is 2.75 bits per heavy atom. The van der Waals surface area contributed by atoms with E-state index in [4.69, 9.17) is 0 Å². The SMILES string of the molecule is Cc1nc([C@H]2CCCCN2)cc(N(C)C)n1. The zero-order chi connectivity index (χ0) is 11.5. The van der Waals surface area contributed by atoms with Crippen LogP contribution in [0.25, 0.3) is 0 Å². The van der Waals surface area contributed by atoms with Crippen molar-refractivity contribution in [1.29, 1.82) is 0 Å². The van der Waals surface area contributed by atoms with Crippen LogP contribution >= 0.6 is 0 Å². The van der Waals surface area contributed by atoms with Crippen LogP contribution in [0, 0.1) is 6.92 Å². The van der Waals surface area contributed by atoms with Crippen LogP contribution in [-0.4, -0.2) is 30.6 Å². The molecule has 1 aliphatic rings. The normalized spacial score (nSPS) is 20.8. The van der Waals surface area contributed by atoms with Crippen molar-refractivity contribution in [2.75, 3.05) is 25.5 Å². The number of piperidine rings is 1. The van der Waals surface area contributed by atoms with Gasteiger partial charge in [0.05, 0.1) is 5.69 Å². The van der Waals surface area contributed by atoms with Gasteiger partial charge in [-0.1, -0.05) is 6.42 Å². The van der Waals surface area contributed by atoms with Crippen molar-refractivity contribution < 1.29 is 0 Å². The van der Waals surface area contributed by atoms with E-state index in [-0.39, 0.29) is 0 Å². The Bertz CT molecular complexity index is 356. The van der Waals surface area contributed by atoms with Gasteiger partial charge in [-0.15, -0.1) is 0 Å². The summed E-state index contributed by atoms with van der Waals surface area (Å²) in [4.78, 5) is 11.0. The van der Waals surface area contributed by atoms with E-state index in [0.29, 0.717) is 6.04 Å². The minimum Gasteiger partial charge on any atom is -0.363 e. The van der Waals surface area contributed by atoms with Gasteiger partial charge in [0.1, 0.15) is 11.6 Å². The van der Waals surface area contributed by atoms with E-state index in [1.807, 2.05) is 25.9 Å². The highest BCUT2D eigenvalue weighted by molar-refractivity contribution is 5.38. The molecule has 1 aromatic heterocycles. The minimum absolute atomic E-state index is 0.411. The van der Waals surface area contributed by atoms with Crippen LogP contribution in [0.4, 0.5) is 5.82 Å². The van der Waals surface area contributed by atoms with Crippen LogP contribution in [0.3, 0.4) is 0 Å². The molecule has 0 bridgehead atoms. The highest BCUT2D eigenvalue weighted by Crippen LogP contribution is 2.23. The highest BCUT2D eigenvalue weighted by Gasteiger charge is 2.17. The maximum Gasteiger partial charge on any atom is 0.132 e. The molecule has 88 valence electrons. The molecule has 0 aromatic carbocycles. The van der Waals surface area contributed by atoms with Gasteiger partial charge < -0.3 is 10.2 Å². The van der Waals surface area contributed by atoms with E-state index in [2.05, 4.69) is 21.4 Å². The molecule has 1 aliphatic heterocycles. The van der Waals surface area contributed by atoms with Gasteiger partial charge in [0.2, 0.25) is 0 Å². The second-order valence-corrected chi connectivity index (χ2v) is 4.60. The average Bonchev–Trinajstić information content (AvgIpc) is 2.29. The molecule has 1 aromatic rings. The van der Waals surface area contributed by atoms with Gasteiger partial charge in [0.25, 0.3) is 0 Å². The Hall–Kier alpha value is -1.16. The number of nitrogens with zero attached hydrogens (tertiary/aromatic N) is 3. The van der Waals surface area contributed by atoms with Gasteiger partial charge >= 0.3 is 0 Å². The molecule has 0 unspecified atom stereocenters. The lowest BCUT2D eigenvalue weighted by atomic mass is 10.0. The highest BCUT2D eigenvalue weighted by atomic mass is 15.1. The lowest BCUT2D eigenvalue weighted by Gasteiger charge is -2.24. The quantitative estimate of drug-likeness (QED) is 0.823. The molecular formula is C12H20N4. The summed E-state index contributed by atoms with van der Waals surface area (Å²) >= 11 is 0. The maximum absolute atomic E-state index is 4.54. The van der Waals surface area contributed by atoms with Crippen molar-refractivity contribution in [2.24, 2.45) is 0 Å². The van der Waals surface area contributed by atoms with Crippen molar-refractivity contribution in [3.05, 3.63) is 17.6 Å². The third-order valence-corrected chi connectivity index (χ3v) is 2.97. The van der Waals surface area contributed by atoms with E-state index < -0.39 is 0 Å². The number of anilines is 1. The first-order valence-corrected chi connectivity index (χ1v) is 5.93. The van der Waals surface area contributed by atoms with E-state index >= 15 is 0 Å². The van der Waals surface area contributed by atoms with E-state index in [9.17, 15) is 0 Å². The van der Waals surface area contributed by atoms with Crippen LogP contribution in [0.5, 0.6) is 0 Å². The van der Waals surface area contributed by atoms with Crippen molar-refractivity contribution in [3.8, 4) is 0 Å². The number of nitrogens with one attached hydrogen (secondary N) is 1. The van der Waals surface area contributed by atoms with Gasteiger partial charge in [-0.2, -0.15) is 0 Å². The van der Waals surface area contributed by atoms with Gasteiger partial charge in [0, 0.05) is 26.2 Å². The first kappa shape index (κ1) is 11.3. The monoisotopic (exact) mass is 220 g/mol. The second-order valence-electron chi connectivity index (χ2n) is 4.60. The molecular weight excluding hydrogens is 200 g/mol. The molecule has 0 spiro atoms. The van der Waals surface area contributed by atoms with Crippen molar-refractivity contribution in [3.63, 3.8) is 0 Å². The summed E-state index contributed by atoms with van der Waals surface area (Å²) in [5.74, 6) is 1.85. The summed E-state index contributed by atoms with van der Waals surface area (Å²) < 4.78 is 0. The van der Waals surface area contributed by atoms with Gasteiger partial charge in [-0.25, -0.2) is 9.97 Å². The minimum atomic E-state index is 0.411. The molecule has 1 N–H and O–H groups in total. The lowest BCUT2D eigenvalue weighted by molar-refractivity contribution is 0.404. The first-order chi connectivity index (χ1) is 7.66. The van der Waals surface area contributed by atoms with Crippen LogP contribution < -0.4 is 10.2 Å². The molecule has 0 saturated carbocycles. The predicted molar refractivity (Wildman–Crippen MR) is 65.7 cm³/mol. The van der Waals surface area contributed by atoms with Crippen molar-refractivity contribution in [2.45, 2.75) is 32.2 Å². The third kappa shape index (κ3) is 2.50. The Balaban J connectivity index is 2.25. The Morgan fingerprint density at radius 2 is 2.12 bits per heavy atom. The summed E-state index contributed by atoms with van der Waals surface area (Å²) in [5.41, 5.74) is 1.14. The van der Waals surface area contributed by atoms with E-state index in [1.165, 1.54) is 19.3 Å².